The lowest BCUT2D eigenvalue weighted by molar-refractivity contribution is -0.384. The van der Waals surface area contributed by atoms with Crippen LogP contribution >= 0.6 is 15.9 Å². The van der Waals surface area contributed by atoms with Crippen molar-refractivity contribution in [1.82, 2.24) is 0 Å². The highest BCUT2D eigenvalue weighted by molar-refractivity contribution is 9.18. The predicted octanol–water partition coefficient (Wildman–Crippen LogP) is 4.71. The summed E-state index contributed by atoms with van der Waals surface area (Å²) in [5, 5.41) is 17.1. The Morgan fingerprint density at radius 2 is 1.85 bits per heavy atom. The number of hydrogen-bond acceptors (Lipinski definition) is 5. The van der Waals surface area contributed by atoms with Crippen LogP contribution in [-0.2, 0) is 10.2 Å². The van der Waals surface area contributed by atoms with Crippen molar-refractivity contribution in [2.24, 2.45) is 5.10 Å². The Bertz CT molecular complexity index is 901. The van der Waals surface area contributed by atoms with Gasteiger partial charge >= 0.3 is 0 Å². The lowest BCUT2D eigenvalue weighted by Crippen LogP contribution is -2.30. The van der Waals surface area contributed by atoms with E-state index in [1.165, 1.54) is 17.7 Å². The number of nitro groups is 1. The van der Waals surface area contributed by atoms with Crippen LogP contribution in [0.25, 0.3) is 0 Å². The maximum Gasteiger partial charge on any atom is 0.270 e. The van der Waals surface area contributed by atoms with Gasteiger partial charge in [-0.2, -0.15) is 5.10 Å². The van der Waals surface area contributed by atoms with Crippen molar-refractivity contribution in [3.63, 3.8) is 0 Å². The number of carbonyl (C=O) groups is 1. The van der Waals surface area contributed by atoms with Gasteiger partial charge in [0.1, 0.15) is 16.9 Å². The molecule has 134 valence electrons. The van der Waals surface area contributed by atoms with Gasteiger partial charge in [0.25, 0.3) is 5.69 Å². The minimum absolute atomic E-state index is 0.0277. The van der Waals surface area contributed by atoms with Gasteiger partial charge in [-0.25, -0.2) is 5.01 Å². The molecule has 0 radical (unpaired) electrons. The van der Waals surface area contributed by atoms with E-state index in [2.05, 4.69) is 41.8 Å². The van der Waals surface area contributed by atoms with Crippen LogP contribution in [0.4, 0.5) is 11.4 Å². The van der Waals surface area contributed by atoms with Crippen molar-refractivity contribution in [1.29, 1.82) is 0 Å². The number of non-ortho nitro benzene ring substituents is 1. The molecular formula is C19H18BrN3O3. The van der Waals surface area contributed by atoms with Gasteiger partial charge < -0.3 is 4.79 Å². The van der Waals surface area contributed by atoms with Crippen LogP contribution in [0.15, 0.2) is 47.6 Å². The minimum Gasteiger partial charge on any atom is -0.301 e. The Hall–Kier alpha value is -2.54. The van der Waals surface area contributed by atoms with Gasteiger partial charge in [0.05, 0.1) is 10.6 Å². The Morgan fingerprint density at radius 1 is 1.19 bits per heavy atom. The van der Waals surface area contributed by atoms with E-state index in [0.29, 0.717) is 15.7 Å². The van der Waals surface area contributed by atoms with Gasteiger partial charge in [0, 0.05) is 17.7 Å². The fourth-order valence-electron chi connectivity index (χ4n) is 2.90. The first-order valence-corrected chi connectivity index (χ1v) is 8.89. The zero-order chi connectivity index (χ0) is 19.1. The molecular weight excluding hydrogens is 398 g/mol. The molecule has 0 amide bonds. The number of hydrazone groups is 1. The zero-order valence-electron chi connectivity index (χ0n) is 14.6. The number of fused-ring (bicyclic) bond motifs is 1. The van der Waals surface area contributed by atoms with Crippen molar-refractivity contribution in [3.8, 4) is 0 Å². The van der Waals surface area contributed by atoms with Gasteiger partial charge in [0.2, 0.25) is 0 Å². The molecule has 0 N–H and O–H groups in total. The molecule has 0 spiro atoms. The molecule has 6 nitrogen and oxygen atoms in total. The number of anilines is 1. The molecule has 3 rings (SSSR count). The standard InChI is InChI=1S/C19H18BrN3O3/c1-19(2,3)12-4-6-13(7-5-12)22-17(11-24)15-9-8-14(23(25)26)10-16(15)18(20)21-22/h4-11,17H,1-3H3. The van der Waals surface area contributed by atoms with Crippen molar-refractivity contribution in [3.05, 3.63) is 69.3 Å². The normalized spacial score (nSPS) is 16.7. The lowest BCUT2D eigenvalue weighted by Gasteiger charge is -2.31. The second kappa shape index (κ2) is 6.64. The maximum absolute atomic E-state index is 11.8. The quantitative estimate of drug-likeness (QED) is 0.413. The molecule has 2 aromatic rings. The first-order chi connectivity index (χ1) is 12.2. The first kappa shape index (κ1) is 18.3. The molecule has 1 heterocycles. The van der Waals surface area contributed by atoms with Crippen molar-refractivity contribution >= 4 is 38.2 Å². The summed E-state index contributed by atoms with van der Waals surface area (Å²) < 4.78 is 0.453. The molecule has 0 fully saturated rings. The number of hydrogen-bond donors (Lipinski definition) is 0. The SMILES string of the molecule is CC(C)(C)c1ccc(N2N=C(Br)c3cc([N+](=O)[O-])ccc3C2C=O)cc1. The summed E-state index contributed by atoms with van der Waals surface area (Å²) in [6.45, 7) is 6.40. The number of rotatable bonds is 3. The van der Waals surface area contributed by atoms with E-state index in [-0.39, 0.29) is 11.1 Å². The third kappa shape index (κ3) is 3.26. The maximum atomic E-state index is 11.8. The molecule has 0 bridgehead atoms. The molecule has 26 heavy (non-hydrogen) atoms. The molecule has 1 atom stereocenters. The van der Waals surface area contributed by atoms with Crippen molar-refractivity contribution < 1.29 is 9.72 Å². The topological polar surface area (TPSA) is 75.8 Å². The van der Waals surface area contributed by atoms with Gasteiger partial charge in [-0.05, 0) is 50.7 Å². The fraction of sp³-hybridized carbons (Fsp3) is 0.263. The minimum atomic E-state index is -0.646. The summed E-state index contributed by atoms with van der Waals surface area (Å²) in [4.78, 5) is 22.3. The number of nitrogens with zero attached hydrogens (tertiary/aromatic N) is 3. The Labute approximate surface area is 159 Å². The highest BCUT2D eigenvalue weighted by Gasteiger charge is 2.30. The molecule has 1 unspecified atom stereocenters. The third-order valence-corrected chi connectivity index (χ3v) is 4.96. The van der Waals surface area contributed by atoms with Crippen LogP contribution in [0.3, 0.4) is 0 Å². The van der Waals surface area contributed by atoms with Crippen LogP contribution in [0.5, 0.6) is 0 Å². The fourth-order valence-corrected chi connectivity index (χ4v) is 3.41. The predicted molar refractivity (Wildman–Crippen MR) is 105 cm³/mol. The van der Waals surface area contributed by atoms with Gasteiger partial charge in [-0.15, -0.1) is 0 Å². The average Bonchev–Trinajstić information content (AvgIpc) is 2.60. The molecule has 0 saturated carbocycles. The molecule has 0 saturated heterocycles. The van der Waals surface area contributed by atoms with Crippen molar-refractivity contribution in [2.75, 3.05) is 5.01 Å². The second-order valence-corrected chi connectivity index (χ2v) is 7.89. The zero-order valence-corrected chi connectivity index (χ0v) is 16.2. The summed E-state index contributed by atoms with van der Waals surface area (Å²) in [6.07, 6.45) is 0.797. The van der Waals surface area contributed by atoms with E-state index in [1.54, 1.807) is 11.1 Å². The average molecular weight is 416 g/mol. The van der Waals surface area contributed by atoms with E-state index in [9.17, 15) is 14.9 Å². The molecule has 7 heteroatoms. The Kier molecular flexibility index (Phi) is 4.66. The lowest BCUT2D eigenvalue weighted by atomic mass is 9.87. The third-order valence-electron chi connectivity index (χ3n) is 4.37. The Morgan fingerprint density at radius 3 is 2.38 bits per heavy atom. The van der Waals surface area contributed by atoms with Crippen LogP contribution in [0.2, 0.25) is 0 Å². The smallest absolute Gasteiger partial charge is 0.270 e. The van der Waals surface area contributed by atoms with E-state index >= 15 is 0 Å². The molecule has 1 aliphatic heterocycles. The van der Waals surface area contributed by atoms with E-state index in [1.807, 2.05) is 24.3 Å². The van der Waals surface area contributed by atoms with Gasteiger partial charge in [-0.1, -0.05) is 32.9 Å². The second-order valence-electron chi connectivity index (χ2n) is 7.14. The number of benzene rings is 2. The van der Waals surface area contributed by atoms with Gasteiger partial charge in [-0.3, -0.25) is 10.1 Å². The number of carbonyl (C=O) groups excluding carboxylic acids is 1. The van der Waals surface area contributed by atoms with Crippen LogP contribution in [0, 0.1) is 10.1 Å². The highest BCUT2D eigenvalue weighted by atomic mass is 79.9. The van der Waals surface area contributed by atoms with Crippen LogP contribution in [-0.4, -0.2) is 15.8 Å². The summed E-state index contributed by atoms with van der Waals surface area (Å²) in [7, 11) is 0. The summed E-state index contributed by atoms with van der Waals surface area (Å²) in [5.41, 5.74) is 3.17. The molecule has 1 aliphatic rings. The van der Waals surface area contributed by atoms with Gasteiger partial charge in [0.15, 0.2) is 0 Å². The number of aldehydes is 1. The summed E-state index contributed by atoms with van der Waals surface area (Å²) >= 11 is 3.38. The van der Waals surface area contributed by atoms with E-state index < -0.39 is 11.0 Å². The molecule has 2 aromatic carbocycles. The monoisotopic (exact) mass is 415 g/mol. The van der Waals surface area contributed by atoms with Crippen molar-refractivity contribution in [2.45, 2.75) is 32.2 Å². The van der Waals surface area contributed by atoms with Crippen LogP contribution < -0.4 is 5.01 Å². The van der Waals surface area contributed by atoms with E-state index in [4.69, 9.17) is 0 Å². The largest absolute Gasteiger partial charge is 0.301 e. The molecule has 0 aromatic heterocycles. The summed E-state index contributed by atoms with van der Waals surface area (Å²) in [5.74, 6) is 0. The summed E-state index contributed by atoms with van der Waals surface area (Å²) in [6, 6.07) is 11.7. The van der Waals surface area contributed by atoms with Crippen LogP contribution in [0.1, 0.15) is 43.5 Å². The highest BCUT2D eigenvalue weighted by Crippen LogP contribution is 2.36. The number of nitro benzene ring substituents is 1. The first-order valence-electron chi connectivity index (χ1n) is 8.10. The Balaban J connectivity index is 2.05. The number of halogens is 1. The molecule has 0 aliphatic carbocycles. The van der Waals surface area contributed by atoms with E-state index in [0.717, 1.165) is 12.0 Å².